The smallest absolute Gasteiger partial charge is 0.181 e. The van der Waals surface area contributed by atoms with E-state index in [1.54, 1.807) is 31.3 Å². The third kappa shape index (κ3) is 5.83. The van der Waals surface area contributed by atoms with Gasteiger partial charge in [0.15, 0.2) is 5.82 Å². The Balaban J connectivity index is 1.66. The molecule has 1 unspecified atom stereocenters. The number of nitriles is 1. The number of aliphatic hydroxyl groups is 1. The Morgan fingerprint density at radius 1 is 1.14 bits per heavy atom. The molecule has 12 heteroatoms. The van der Waals surface area contributed by atoms with E-state index in [0.717, 1.165) is 6.07 Å². The van der Waals surface area contributed by atoms with E-state index in [4.69, 9.17) is 23.2 Å². The highest BCUT2D eigenvalue weighted by atomic mass is 35.5. The Labute approximate surface area is 258 Å². The van der Waals surface area contributed by atoms with Crippen molar-refractivity contribution in [3.63, 3.8) is 0 Å². The minimum absolute atomic E-state index is 0.0528. The van der Waals surface area contributed by atoms with Crippen LogP contribution < -0.4 is 10.6 Å². The lowest BCUT2D eigenvalue weighted by Gasteiger charge is -2.38. The maximum atomic E-state index is 15.9. The zero-order valence-electron chi connectivity index (χ0n) is 24.0. The van der Waals surface area contributed by atoms with Crippen molar-refractivity contribution >= 4 is 28.9 Å². The molecule has 1 aliphatic rings. The highest BCUT2D eigenvalue weighted by molar-refractivity contribution is 6.31. The Bertz CT molecular complexity index is 1690. The minimum atomic E-state index is -1.66. The molecule has 1 fully saturated rings. The summed E-state index contributed by atoms with van der Waals surface area (Å²) < 4.78 is 33.2. The number of aryl methyl sites for hydroxylation is 1. The molecule has 43 heavy (non-hydrogen) atoms. The molecule has 0 saturated carbocycles. The van der Waals surface area contributed by atoms with Gasteiger partial charge in [-0.15, -0.1) is 5.10 Å². The normalized spacial score (nSPS) is 22.7. The molecule has 0 aliphatic carbocycles. The molecule has 8 nitrogen and oxygen atoms in total. The van der Waals surface area contributed by atoms with E-state index in [1.165, 1.54) is 28.9 Å². The summed E-state index contributed by atoms with van der Waals surface area (Å²) in [6.07, 6.45) is -0.955. The molecule has 224 valence electrons. The van der Waals surface area contributed by atoms with Gasteiger partial charge >= 0.3 is 0 Å². The summed E-state index contributed by atoms with van der Waals surface area (Å²) in [4.78, 5) is 0. The molecule has 0 radical (unpaired) electrons. The first-order valence-electron chi connectivity index (χ1n) is 13.7. The SMILES string of the molecule is Cn1nnnc1-c1cccc(NC(O)[C@@H]2N[C@@H](CC(C)(C)C)[C@](C#N)(c3ccc(Cl)cc3F)[C@H]2c2cccc(Cl)c2F)c1. The maximum absolute atomic E-state index is 15.9. The maximum Gasteiger partial charge on any atom is 0.181 e. The standard InChI is InChI=1S/C31H31Cl2F2N7O/c1-30(2,3)15-24-31(16-36,21-12-11-18(32)14-23(21)34)25(20-9-6-10-22(33)26(20)35)27(38-24)29(43)37-19-8-5-7-17(13-19)28-39-40-41-42(28)4/h5-14,24-25,27,29,37-38,43H,15H2,1-4H3/t24-,25-,27+,29?,31-/m0/s1. The Morgan fingerprint density at radius 3 is 2.53 bits per heavy atom. The van der Waals surface area contributed by atoms with Crippen molar-refractivity contribution in [2.45, 2.75) is 56.8 Å². The van der Waals surface area contributed by atoms with Gasteiger partial charge in [0.25, 0.3) is 0 Å². The Hall–Kier alpha value is -3.62. The number of anilines is 1. The van der Waals surface area contributed by atoms with Gasteiger partial charge in [0.1, 0.15) is 23.3 Å². The van der Waals surface area contributed by atoms with Crippen LogP contribution in [0.1, 0.15) is 44.2 Å². The van der Waals surface area contributed by atoms with Crippen LogP contribution in [0.3, 0.4) is 0 Å². The van der Waals surface area contributed by atoms with E-state index in [-0.39, 0.29) is 26.6 Å². The summed E-state index contributed by atoms with van der Waals surface area (Å²) in [6, 6.07) is 16.5. The van der Waals surface area contributed by atoms with Crippen LogP contribution in [0.25, 0.3) is 11.4 Å². The predicted octanol–water partition coefficient (Wildman–Crippen LogP) is 6.21. The number of rotatable bonds is 7. The molecule has 0 amide bonds. The number of halogens is 4. The van der Waals surface area contributed by atoms with Crippen molar-refractivity contribution in [1.82, 2.24) is 25.5 Å². The summed E-state index contributed by atoms with van der Waals surface area (Å²) in [5, 5.41) is 40.9. The molecule has 0 spiro atoms. The van der Waals surface area contributed by atoms with E-state index >= 15 is 8.78 Å². The average Bonchev–Trinajstić information content (AvgIpc) is 3.51. The highest BCUT2D eigenvalue weighted by Crippen LogP contribution is 2.53. The van der Waals surface area contributed by atoms with Crippen LogP contribution in [0.5, 0.6) is 0 Å². The third-order valence-electron chi connectivity index (χ3n) is 7.88. The minimum Gasteiger partial charge on any atom is -0.372 e. The van der Waals surface area contributed by atoms with Gasteiger partial charge in [-0.1, -0.05) is 74.3 Å². The second-order valence-corrected chi connectivity index (χ2v) is 12.9. The number of tetrazole rings is 1. The van der Waals surface area contributed by atoms with Gasteiger partial charge < -0.3 is 15.7 Å². The molecule has 0 bridgehead atoms. The molecular formula is C31H31Cl2F2N7O. The molecule has 4 aromatic rings. The molecule has 1 aliphatic heterocycles. The molecule has 5 rings (SSSR count). The topological polar surface area (TPSA) is 112 Å². The van der Waals surface area contributed by atoms with Gasteiger partial charge in [-0.2, -0.15) is 5.26 Å². The number of aromatic nitrogens is 4. The fourth-order valence-corrected chi connectivity index (χ4v) is 6.48. The van der Waals surface area contributed by atoms with Crippen LogP contribution in [-0.4, -0.2) is 43.6 Å². The van der Waals surface area contributed by atoms with Crippen LogP contribution >= 0.6 is 23.2 Å². The first-order chi connectivity index (χ1) is 20.4. The lowest BCUT2D eigenvalue weighted by molar-refractivity contribution is 0.149. The summed E-state index contributed by atoms with van der Waals surface area (Å²) in [5.41, 5.74) is -0.630. The first-order valence-corrected chi connectivity index (χ1v) is 14.5. The van der Waals surface area contributed by atoms with E-state index in [9.17, 15) is 10.4 Å². The van der Waals surface area contributed by atoms with E-state index in [2.05, 4.69) is 32.2 Å². The van der Waals surface area contributed by atoms with Crippen molar-refractivity contribution in [3.05, 3.63) is 93.5 Å². The van der Waals surface area contributed by atoms with Gasteiger partial charge in [0.2, 0.25) is 0 Å². The number of hydrogen-bond acceptors (Lipinski definition) is 7. The first kappa shape index (κ1) is 30.8. The van der Waals surface area contributed by atoms with Crippen LogP contribution in [0.4, 0.5) is 14.5 Å². The number of nitrogens with one attached hydrogen (secondary N) is 2. The zero-order chi connectivity index (χ0) is 31.1. The molecule has 3 aromatic carbocycles. The molecular weight excluding hydrogens is 595 g/mol. The quantitative estimate of drug-likeness (QED) is 0.209. The van der Waals surface area contributed by atoms with E-state index in [1.807, 2.05) is 26.8 Å². The van der Waals surface area contributed by atoms with Crippen molar-refractivity contribution in [2.75, 3.05) is 5.32 Å². The summed E-state index contributed by atoms with van der Waals surface area (Å²) in [5.74, 6) is -2.00. The second-order valence-electron chi connectivity index (χ2n) is 12.0. The van der Waals surface area contributed by atoms with Crippen LogP contribution in [0, 0.1) is 28.4 Å². The summed E-state index contributed by atoms with van der Waals surface area (Å²) >= 11 is 12.3. The van der Waals surface area contributed by atoms with Crippen molar-refractivity contribution in [3.8, 4) is 17.5 Å². The van der Waals surface area contributed by atoms with Crippen LogP contribution in [0.15, 0.2) is 60.7 Å². The van der Waals surface area contributed by atoms with Crippen molar-refractivity contribution < 1.29 is 13.9 Å². The van der Waals surface area contributed by atoms with Gasteiger partial charge in [0, 0.05) is 40.8 Å². The Kier molecular flexibility index (Phi) is 8.47. The fraction of sp³-hybridized carbons (Fsp3) is 0.355. The molecule has 3 N–H and O–H groups in total. The number of hydrogen-bond donors (Lipinski definition) is 3. The van der Waals surface area contributed by atoms with Gasteiger partial charge in [-0.05, 0) is 58.2 Å². The number of aliphatic hydroxyl groups excluding tert-OH is 1. The van der Waals surface area contributed by atoms with Crippen molar-refractivity contribution in [1.29, 1.82) is 5.26 Å². The molecule has 2 heterocycles. The monoisotopic (exact) mass is 625 g/mol. The van der Waals surface area contributed by atoms with Gasteiger partial charge in [0.05, 0.1) is 17.1 Å². The molecule has 1 aromatic heterocycles. The van der Waals surface area contributed by atoms with Gasteiger partial charge in [-0.25, -0.2) is 13.5 Å². The largest absolute Gasteiger partial charge is 0.372 e. The van der Waals surface area contributed by atoms with Gasteiger partial charge in [-0.3, -0.25) is 0 Å². The van der Waals surface area contributed by atoms with Crippen LogP contribution in [0.2, 0.25) is 10.0 Å². The number of benzene rings is 3. The summed E-state index contributed by atoms with van der Waals surface area (Å²) in [6.45, 7) is 6.00. The lowest BCUT2D eigenvalue weighted by Crippen LogP contribution is -2.45. The van der Waals surface area contributed by atoms with Crippen molar-refractivity contribution in [2.24, 2.45) is 12.5 Å². The van der Waals surface area contributed by atoms with E-state index in [0.29, 0.717) is 23.5 Å². The Morgan fingerprint density at radius 2 is 1.88 bits per heavy atom. The van der Waals surface area contributed by atoms with Crippen LogP contribution in [-0.2, 0) is 12.5 Å². The molecule has 5 atom stereocenters. The zero-order valence-corrected chi connectivity index (χ0v) is 25.5. The average molecular weight is 627 g/mol. The lowest BCUT2D eigenvalue weighted by atomic mass is 9.62. The second kappa shape index (κ2) is 11.8. The number of nitrogens with zero attached hydrogens (tertiary/aromatic N) is 5. The van der Waals surface area contributed by atoms with E-state index < -0.39 is 41.3 Å². The summed E-state index contributed by atoms with van der Waals surface area (Å²) in [7, 11) is 1.71. The fourth-order valence-electron chi connectivity index (χ4n) is 6.14. The molecule has 1 saturated heterocycles. The highest BCUT2D eigenvalue weighted by Gasteiger charge is 2.60. The third-order valence-corrected chi connectivity index (χ3v) is 8.41. The predicted molar refractivity (Wildman–Crippen MR) is 161 cm³/mol.